The van der Waals surface area contributed by atoms with Crippen LogP contribution in [0.2, 0.25) is 0 Å². The van der Waals surface area contributed by atoms with Crippen LogP contribution in [0.1, 0.15) is 15.9 Å². The summed E-state index contributed by atoms with van der Waals surface area (Å²) in [5, 5.41) is 0. The van der Waals surface area contributed by atoms with Crippen molar-refractivity contribution >= 4 is 17.7 Å². The predicted molar refractivity (Wildman–Crippen MR) is 52.6 cm³/mol. The summed E-state index contributed by atoms with van der Waals surface area (Å²) >= 11 is 0. The Kier molecular flexibility index (Phi) is 2.66. The predicted octanol–water partition coefficient (Wildman–Crippen LogP) is 0.515. The molecule has 5 N–H and O–H groups in total. The van der Waals surface area contributed by atoms with Gasteiger partial charge in [-0.1, -0.05) is 18.7 Å². The van der Waals surface area contributed by atoms with Crippen LogP contribution in [0.4, 0.5) is 5.69 Å². The van der Waals surface area contributed by atoms with Gasteiger partial charge in [0, 0.05) is 5.69 Å². The summed E-state index contributed by atoms with van der Waals surface area (Å²) in [6, 6.07) is 5.01. The first-order chi connectivity index (χ1) is 6.19. The number of hydrogen-bond acceptors (Lipinski definition) is 3. The molecule has 0 aliphatic carbocycles. The van der Waals surface area contributed by atoms with Crippen molar-refractivity contribution in [3.8, 4) is 0 Å². The van der Waals surface area contributed by atoms with Gasteiger partial charge in [0.25, 0.3) is 5.91 Å². The number of nitrogen functional groups attached to an aromatic ring is 2. The van der Waals surface area contributed by atoms with Crippen molar-refractivity contribution in [2.75, 3.05) is 5.73 Å². The molecule has 0 unspecified atom stereocenters. The zero-order chi connectivity index (χ0) is 9.84. The van der Waals surface area contributed by atoms with Crippen LogP contribution in [-0.4, -0.2) is 5.91 Å². The molecule has 0 saturated heterocycles. The van der Waals surface area contributed by atoms with E-state index in [9.17, 15) is 4.79 Å². The van der Waals surface area contributed by atoms with Crippen molar-refractivity contribution < 1.29 is 4.79 Å². The number of hydrazine groups is 1. The van der Waals surface area contributed by atoms with E-state index in [1.807, 2.05) is 5.43 Å². The van der Waals surface area contributed by atoms with Gasteiger partial charge in [-0.2, -0.15) is 0 Å². The van der Waals surface area contributed by atoms with Crippen LogP contribution in [0, 0.1) is 0 Å². The third-order valence-corrected chi connectivity index (χ3v) is 1.69. The summed E-state index contributed by atoms with van der Waals surface area (Å²) in [7, 11) is 0. The molecule has 0 aromatic heterocycles. The number of nitrogens with one attached hydrogen (secondary N) is 1. The van der Waals surface area contributed by atoms with E-state index in [1.165, 1.54) is 0 Å². The van der Waals surface area contributed by atoms with E-state index < -0.39 is 5.91 Å². The second kappa shape index (κ2) is 3.73. The van der Waals surface area contributed by atoms with Gasteiger partial charge in [0.1, 0.15) is 0 Å². The summed E-state index contributed by atoms with van der Waals surface area (Å²) in [5.74, 6) is 4.57. The number of rotatable bonds is 2. The summed E-state index contributed by atoms with van der Waals surface area (Å²) in [6.07, 6.45) is 1.65. The Morgan fingerprint density at radius 1 is 1.54 bits per heavy atom. The maximum absolute atomic E-state index is 11.1. The van der Waals surface area contributed by atoms with Crippen LogP contribution < -0.4 is 17.0 Å². The molecule has 13 heavy (non-hydrogen) atoms. The molecule has 0 heterocycles. The number of nitrogens with two attached hydrogens (primary N) is 2. The molecule has 1 aromatic carbocycles. The summed E-state index contributed by atoms with van der Waals surface area (Å²) in [6.45, 7) is 3.59. The molecule has 0 saturated carbocycles. The van der Waals surface area contributed by atoms with Crippen molar-refractivity contribution in [1.82, 2.24) is 5.43 Å². The number of carbonyl (C=O) groups excluding carboxylic acids is 1. The lowest BCUT2D eigenvalue weighted by Gasteiger charge is -2.04. The highest BCUT2D eigenvalue weighted by Crippen LogP contribution is 2.14. The normalized spacial score (nSPS) is 9.31. The highest BCUT2D eigenvalue weighted by Gasteiger charge is 2.06. The van der Waals surface area contributed by atoms with Crippen LogP contribution in [0.25, 0.3) is 6.08 Å². The number of carbonyl (C=O) groups is 1. The summed E-state index contributed by atoms with van der Waals surface area (Å²) < 4.78 is 0. The monoisotopic (exact) mass is 177 g/mol. The van der Waals surface area contributed by atoms with Gasteiger partial charge in [-0.25, -0.2) is 5.84 Å². The van der Waals surface area contributed by atoms with Gasteiger partial charge in [0.15, 0.2) is 0 Å². The lowest BCUT2D eigenvalue weighted by atomic mass is 10.1. The minimum Gasteiger partial charge on any atom is -0.398 e. The van der Waals surface area contributed by atoms with E-state index in [4.69, 9.17) is 11.6 Å². The molecule has 0 spiro atoms. The minimum atomic E-state index is -0.395. The van der Waals surface area contributed by atoms with Crippen molar-refractivity contribution in [3.05, 3.63) is 35.9 Å². The minimum absolute atomic E-state index is 0.369. The molecule has 4 nitrogen and oxygen atoms in total. The lowest BCUT2D eigenvalue weighted by molar-refractivity contribution is 0.0954. The molecule has 0 aliphatic rings. The first-order valence-corrected chi connectivity index (χ1v) is 3.72. The third-order valence-electron chi connectivity index (χ3n) is 1.69. The van der Waals surface area contributed by atoms with Gasteiger partial charge < -0.3 is 5.73 Å². The second-order valence-electron chi connectivity index (χ2n) is 2.52. The molecule has 0 aliphatic heterocycles. The standard InChI is InChI=1S/C9H11N3O/c1-2-6-3-4-7(8(10)5-6)9(13)12-11/h2-5H,1,10-11H2,(H,12,13). The van der Waals surface area contributed by atoms with Gasteiger partial charge in [-0.3, -0.25) is 10.2 Å². The van der Waals surface area contributed by atoms with Crippen molar-refractivity contribution in [2.45, 2.75) is 0 Å². The smallest absolute Gasteiger partial charge is 0.267 e. The van der Waals surface area contributed by atoms with E-state index in [1.54, 1.807) is 24.3 Å². The highest BCUT2D eigenvalue weighted by molar-refractivity contribution is 5.99. The quantitative estimate of drug-likeness (QED) is 0.266. The van der Waals surface area contributed by atoms with Gasteiger partial charge in [0.2, 0.25) is 0 Å². The number of amides is 1. The Morgan fingerprint density at radius 3 is 2.69 bits per heavy atom. The lowest BCUT2D eigenvalue weighted by Crippen LogP contribution is -2.30. The summed E-state index contributed by atoms with van der Waals surface area (Å²) in [5.41, 5.74) is 9.25. The topological polar surface area (TPSA) is 81.1 Å². The van der Waals surface area contributed by atoms with Crippen LogP contribution in [-0.2, 0) is 0 Å². The molecule has 0 atom stereocenters. The fraction of sp³-hybridized carbons (Fsp3) is 0. The summed E-state index contributed by atoms with van der Waals surface area (Å²) in [4.78, 5) is 11.1. The first-order valence-electron chi connectivity index (χ1n) is 3.72. The van der Waals surface area contributed by atoms with Gasteiger partial charge in [-0.15, -0.1) is 0 Å². The van der Waals surface area contributed by atoms with Crippen LogP contribution in [0.5, 0.6) is 0 Å². The number of benzene rings is 1. The van der Waals surface area contributed by atoms with Crippen LogP contribution in [0.15, 0.2) is 24.8 Å². The van der Waals surface area contributed by atoms with E-state index in [0.717, 1.165) is 5.56 Å². The Bertz CT molecular complexity index is 347. The number of anilines is 1. The molecule has 0 fully saturated rings. The van der Waals surface area contributed by atoms with Gasteiger partial charge in [0.05, 0.1) is 5.56 Å². The van der Waals surface area contributed by atoms with E-state index in [0.29, 0.717) is 11.3 Å². The van der Waals surface area contributed by atoms with Crippen molar-refractivity contribution in [3.63, 3.8) is 0 Å². The molecule has 0 radical (unpaired) electrons. The molecule has 0 bridgehead atoms. The molecule has 4 heteroatoms. The molecule has 68 valence electrons. The average Bonchev–Trinajstić information content (AvgIpc) is 2.16. The molecule has 1 rings (SSSR count). The maximum atomic E-state index is 11.1. The first kappa shape index (κ1) is 9.28. The van der Waals surface area contributed by atoms with Crippen LogP contribution in [0.3, 0.4) is 0 Å². The Hall–Kier alpha value is -1.81. The van der Waals surface area contributed by atoms with Crippen LogP contribution >= 0.6 is 0 Å². The molecular formula is C9H11N3O. The Balaban J connectivity index is 3.12. The SMILES string of the molecule is C=Cc1ccc(C(=O)NN)c(N)c1. The number of hydrogen-bond donors (Lipinski definition) is 3. The fourth-order valence-electron chi connectivity index (χ4n) is 0.993. The van der Waals surface area contributed by atoms with E-state index in [-0.39, 0.29) is 0 Å². The largest absolute Gasteiger partial charge is 0.398 e. The zero-order valence-electron chi connectivity index (χ0n) is 7.08. The Morgan fingerprint density at radius 2 is 2.23 bits per heavy atom. The molecular weight excluding hydrogens is 166 g/mol. The van der Waals surface area contributed by atoms with E-state index in [2.05, 4.69) is 6.58 Å². The maximum Gasteiger partial charge on any atom is 0.267 e. The fourth-order valence-corrected chi connectivity index (χ4v) is 0.993. The van der Waals surface area contributed by atoms with Crippen molar-refractivity contribution in [2.24, 2.45) is 5.84 Å². The van der Waals surface area contributed by atoms with Gasteiger partial charge >= 0.3 is 0 Å². The molecule has 1 amide bonds. The van der Waals surface area contributed by atoms with E-state index >= 15 is 0 Å². The molecule has 1 aromatic rings. The van der Waals surface area contributed by atoms with Crippen molar-refractivity contribution in [1.29, 1.82) is 0 Å². The average molecular weight is 177 g/mol. The highest BCUT2D eigenvalue weighted by atomic mass is 16.2. The third kappa shape index (κ3) is 1.86. The second-order valence-corrected chi connectivity index (χ2v) is 2.52. The zero-order valence-corrected chi connectivity index (χ0v) is 7.08. The Labute approximate surface area is 76.2 Å². The van der Waals surface area contributed by atoms with Gasteiger partial charge in [-0.05, 0) is 17.7 Å².